The molecule has 2 aromatic carbocycles. The van der Waals surface area contributed by atoms with E-state index in [4.69, 9.17) is 11.6 Å². The molecule has 0 heterocycles. The average Bonchev–Trinajstić information content (AvgIpc) is 2.65. The van der Waals surface area contributed by atoms with Gasteiger partial charge < -0.3 is 15.5 Å². The van der Waals surface area contributed by atoms with Crippen LogP contribution in [0.15, 0.2) is 36.4 Å². The third kappa shape index (κ3) is 6.29. The van der Waals surface area contributed by atoms with Crippen molar-refractivity contribution in [3.05, 3.63) is 63.9 Å². The van der Waals surface area contributed by atoms with Crippen molar-refractivity contribution in [1.82, 2.24) is 10.2 Å². The van der Waals surface area contributed by atoms with E-state index in [1.807, 2.05) is 26.0 Å². The standard InChI is InChI=1S/C21H23ClFN3O3/c1-13-5-4-6-18(14(13)2)25-19(27)12-26(3)20(28)9-10-24-21(29)16-8-7-15(23)11-17(16)22/h4-8,11H,9-10,12H2,1-3H3,(H,24,29)(H,25,27). The Balaban J connectivity index is 1.80. The van der Waals surface area contributed by atoms with Crippen LogP contribution in [0.3, 0.4) is 0 Å². The number of benzene rings is 2. The van der Waals surface area contributed by atoms with Crippen LogP contribution in [-0.4, -0.2) is 42.8 Å². The van der Waals surface area contributed by atoms with Gasteiger partial charge in [0.1, 0.15) is 5.82 Å². The summed E-state index contributed by atoms with van der Waals surface area (Å²) in [6.45, 7) is 3.82. The highest BCUT2D eigenvalue weighted by Gasteiger charge is 2.15. The Bertz CT molecular complexity index is 933. The van der Waals surface area contributed by atoms with Crippen LogP contribution in [-0.2, 0) is 9.59 Å². The minimum atomic E-state index is -0.539. The van der Waals surface area contributed by atoms with Crippen LogP contribution in [0.5, 0.6) is 0 Å². The number of halogens is 2. The maximum absolute atomic E-state index is 13.0. The Hall–Kier alpha value is -2.93. The number of rotatable bonds is 7. The van der Waals surface area contributed by atoms with Gasteiger partial charge in [-0.2, -0.15) is 0 Å². The Morgan fingerprint density at radius 3 is 2.55 bits per heavy atom. The number of carbonyl (C=O) groups is 3. The fraction of sp³-hybridized carbons (Fsp3) is 0.286. The molecule has 0 spiro atoms. The first-order valence-electron chi connectivity index (χ1n) is 9.02. The van der Waals surface area contributed by atoms with Gasteiger partial charge in [-0.3, -0.25) is 14.4 Å². The summed E-state index contributed by atoms with van der Waals surface area (Å²) in [6.07, 6.45) is 0.0117. The van der Waals surface area contributed by atoms with Crippen LogP contribution >= 0.6 is 11.6 Å². The zero-order chi connectivity index (χ0) is 21.6. The summed E-state index contributed by atoms with van der Waals surface area (Å²) in [5.41, 5.74) is 2.86. The summed E-state index contributed by atoms with van der Waals surface area (Å²) in [4.78, 5) is 37.8. The number of anilines is 1. The predicted octanol–water partition coefficient (Wildman–Crippen LogP) is 3.31. The van der Waals surface area contributed by atoms with Crippen LogP contribution in [0.4, 0.5) is 10.1 Å². The highest BCUT2D eigenvalue weighted by Crippen LogP contribution is 2.18. The zero-order valence-corrected chi connectivity index (χ0v) is 17.3. The first-order valence-corrected chi connectivity index (χ1v) is 9.40. The average molecular weight is 420 g/mol. The smallest absolute Gasteiger partial charge is 0.252 e. The Morgan fingerprint density at radius 1 is 1.14 bits per heavy atom. The second-order valence-electron chi connectivity index (χ2n) is 6.68. The van der Waals surface area contributed by atoms with Gasteiger partial charge in [0.05, 0.1) is 17.1 Å². The minimum Gasteiger partial charge on any atom is -0.351 e. The minimum absolute atomic E-state index is 0.00550. The number of amides is 3. The molecule has 0 aliphatic rings. The Kier molecular flexibility index (Phi) is 7.73. The molecule has 8 heteroatoms. The molecule has 29 heavy (non-hydrogen) atoms. The van der Waals surface area contributed by atoms with E-state index >= 15 is 0 Å². The van der Waals surface area contributed by atoms with Crippen molar-refractivity contribution >= 4 is 35.0 Å². The van der Waals surface area contributed by atoms with Gasteiger partial charge in [0.15, 0.2) is 0 Å². The molecule has 0 aromatic heterocycles. The maximum atomic E-state index is 13.0. The molecule has 6 nitrogen and oxygen atoms in total. The quantitative estimate of drug-likeness (QED) is 0.722. The van der Waals surface area contributed by atoms with Crippen LogP contribution in [0.25, 0.3) is 0 Å². The second-order valence-corrected chi connectivity index (χ2v) is 7.08. The summed E-state index contributed by atoms with van der Waals surface area (Å²) in [7, 11) is 1.52. The van der Waals surface area contributed by atoms with Crippen molar-refractivity contribution in [2.45, 2.75) is 20.3 Å². The van der Waals surface area contributed by atoms with E-state index in [1.165, 1.54) is 18.0 Å². The third-order valence-electron chi connectivity index (χ3n) is 4.49. The lowest BCUT2D eigenvalue weighted by atomic mass is 10.1. The maximum Gasteiger partial charge on any atom is 0.252 e. The number of hydrogen-bond acceptors (Lipinski definition) is 3. The van der Waals surface area contributed by atoms with Crippen molar-refractivity contribution in [2.24, 2.45) is 0 Å². The largest absolute Gasteiger partial charge is 0.351 e. The number of likely N-dealkylation sites (N-methyl/N-ethyl adjacent to an activating group) is 1. The van der Waals surface area contributed by atoms with Gasteiger partial charge in [-0.25, -0.2) is 4.39 Å². The van der Waals surface area contributed by atoms with Gasteiger partial charge in [-0.1, -0.05) is 23.7 Å². The normalized spacial score (nSPS) is 10.4. The van der Waals surface area contributed by atoms with E-state index in [2.05, 4.69) is 10.6 Å². The van der Waals surface area contributed by atoms with Crippen molar-refractivity contribution in [2.75, 3.05) is 25.5 Å². The second kappa shape index (κ2) is 10.0. The molecule has 0 saturated carbocycles. The molecule has 3 amide bonds. The predicted molar refractivity (Wildman–Crippen MR) is 111 cm³/mol. The number of nitrogens with one attached hydrogen (secondary N) is 2. The first-order chi connectivity index (χ1) is 13.7. The fourth-order valence-corrected chi connectivity index (χ4v) is 2.88. The van der Waals surface area contributed by atoms with E-state index < -0.39 is 11.7 Å². The number of carbonyl (C=O) groups excluding carboxylic acids is 3. The SMILES string of the molecule is Cc1cccc(NC(=O)CN(C)C(=O)CCNC(=O)c2ccc(F)cc2Cl)c1C. The monoisotopic (exact) mass is 419 g/mol. The molecule has 0 radical (unpaired) electrons. The molecule has 0 fully saturated rings. The molecule has 0 saturated heterocycles. The molecule has 2 aromatic rings. The van der Waals surface area contributed by atoms with Crippen LogP contribution in [0.1, 0.15) is 27.9 Å². The topological polar surface area (TPSA) is 78.5 Å². The fourth-order valence-electron chi connectivity index (χ4n) is 2.62. The highest BCUT2D eigenvalue weighted by atomic mass is 35.5. The van der Waals surface area contributed by atoms with Crippen LogP contribution in [0.2, 0.25) is 5.02 Å². The van der Waals surface area contributed by atoms with E-state index in [1.54, 1.807) is 6.07 Å². The summed E-state index contributed by atoms with van der Waals surface area (Å²) in [5.74, 6) is -1.65. The lowest BCUT2D eigenvalue weighted by Crippen LogP contribution is -2.37. The number of aryl methyl sites for hydroxylation is 1. The van der Waals surface area contributed by atoms with Gasteiger partial charge in [0, 0.05) is 25.7 Å². The summed E-state index contributed by atoms with van der Waals surface area (Å²) in [5, 5.41) is 5.35. The first kappa shape index (κ1) is 22.4. The molecule has 0 unspecified atom stereocenters. The van der Waals surface area contributed by atoms with E-state index in [0.717, 1.165) is 23.3 Å². The molecule has 0 aliphatic heterocycles. The molecule has 0 bridgehead atoms. The van der Waals surface area contributed by atoms with E-state index in [-0.39, 0.29) is 41.9 Å². The molecule has 154 valence electrons. The lowest BCUT2D eigenvalue weighted by Gasteiger charge is -2.18. The summed E-state index contributed by atoms with van der Waals surface area (Å²) < 4.78 is 13.0. The molecular weight excluding hydrogens is 397 g/mol. The summed E-state index contributed by atoms with van der Waals surface area (Å²) in [6, 6.07) is 9.06. The Morgan fingerprint density at radius 2 is 1.86 bits per heavy atom. The molecule has 2 N–H and O–H groups in total. The number of nitrogens with zero attached hydrogens (tertiary/aromatic N) is 1. The van der Waals surface area contributed by atoms with E-state index in [9.17, 15) is 18.8 Å². The Labute approximate surface area is 174 Å². The molecule has 0 atom stereocenters. The van der Waals surface area contributed by atoms with Crippen LogP contribution in [0, 0.1) is 19.7 Å². The van der Waals surface area contributed by atoms with Crippen molar-refractivity contribution < 1.29 is 18.8 Å². The van der Waals surface area contributed by atoms with Gasteiger partial charge in [0.2, 0.25) is 11.8 Å². The van der Waals surface area contributed by atoms with Gasteiger partial charge in [-0.15, -0.1) is 0 Å². The highest BCUT2D eigenvalue weighted by molar-refractivity contribution is 6.33. The third-order valence-corrected chi connectivity index (χ3v) is 4.80. The van der Waals surface area contributed by atoms with E-state index in [0.29, 0.717) is 5.69 Å². The lowest BCUT2D eigenvalue weighted by molar-refractivity contribution is -0.133. The van der Waals surface area contributed by atoms with Gasteiger partial charge in [0.25, 0.3) is 5.91 Å². The number of hydrogen-bond donors (Lipinski definition) is 2. The molecular formula is C21H23ClFN3O3. The van der Waals surface area contributed by atoms with Crippen molar-refractivity contribution in [1.29, 1.82) is 0 Å². The molecule has 2 rings (SSSR count). The molecule has 0 aliphatic carbocycles. The van der Waals surface area contributed by atoms with Crippen molar-refractivity contribution in [3.8, 4) is 0 Å². The zero-order valence-electron chi connectivity index (χ0n) is 16.5. The van der Waals surface area contributed by atoms with Gasteiger partial charge >= 0.3 is 0 Å². The van der Waals surface area contributed by atoms with Crippen LogP contribution < -0.4 is 10.6 Å². The summed E-state index contributed by atoms with van der Waals surface area (Å²) >= 11 is 5.84. The van der Waals surface area contributed by atoms with Gasteiger partial charge in [-0.05, 0) is 49.2 Å². The van der Waals surface area contributed by atoms with Crippen molar-refractivity contribution in [3.63, 3.8) is 0 Å².